The van der Waals surface area contributed by atoms with E-state index in [1.807, 2.05) is 36.6 Å². The van der Waals surface area contributed by atoms with Gasteiger partial charge in [0.25, 0.3) is 5.69 Å². The summed E-state index contributed by atoms with van der Waals surface area (Å²) < 4.78 is 7.77. The molecule has 0 fully saturated rings. The topological polar surface area (TPSA) is 112 Å². The normalized spacial score (nSPS) is 10.6. The summed E-state index contributed by atoms with van der Waals surface area (Å²) in [7, 11) is 0. The molecule has 0 spiro atoms. The lowest BCUT2D eigenvalue weighted by Crippen LogP contribution is -2.16. The molecule has 0 aliphatic heterocycles. The van der Waals surface area contributed by atoms with Gasteiger partial charge in [0.05, 0.1) is 16.4 Å². The minimum absolute atomic E-state index is 0.0648. The third kappa shape index (κ3) is 6.19. The van der Waals surface area contributed by atoms with Crippen LogP contribution in [0.5, 0.6) is 5.75 Å². The highest BCUT2D eigenvalue weighted by molar-refractivity contribution is 7.99. The van der Waals surface area contributed by atoms with Crippen molar-refractivity contribution < 1.29 is 14.5 Å². The maximum Gasteiger partial charge on any atom is 0.271 e. The number of carbonyl (C=O) groups excluding carboxylic acids is 1. The number of hydrogen-bond donors (Lipinski definition) is 1. The maximum atomic E-state index is 12.5. The molecule has 0 bridgehead atoms. The van der Waals surface area contributed by atoms with Gasteiger partial charge in [-0.15, -0.1) is 16.8 Å². The van der Waals surface area contributed by atoms with Crippen LogP contribution in [-0.4, -0.2) is 31.3 Å². The molecule has 3 aromatic rings. The van der Waals surface area contributed by atoms with E-state index in [9.17, 15) is 14.9 Å². The number of hydrogen-bond acceptors (Lipinski definition) is 7. The summed E-state index contributed by atoms with van der Waals surface area (Å²) in [5, 5.41) is 22.7. The summed E-state index contributed by atoms with van der Waals surface area (Å²) in [6.07, 6.45) is 1.72. The Morgan fingerprint density at radius 3 is 2.70 bits per heavy atom. The number of aromatic nitrogens is 3. The zero-order chi connectivity index (χ0) is 24.0. The molecule has 1 heterocycles. The van der Waals surface area contributed by atoms with Crippen molar-refractivity contribution in [3.63, 3.8) is 0 Å². The van der Waals surface area contributed by atoms with Crippen LogP contribution in [0.4, 0.5) is 11.4 Å². The second kappa shape index (κ2) is 10.8. The molecular weight excluding hydrogens is 442 g/mol. The molecule has 1 amide bonds. The van der Waals surface area contributed by atoms with E-state index in [4.69, 9.17) is 4.74 Å². The van der Waals surface area contributed by atoms with Gasteiger partial charge in [0.2, 0.25) is 5.91 Å². The van der Waals surface area contributed by atoms with Gasteiger partial charge in [-0.25, -0.2) is 0 Å². The van der Waals surface area contributed by atoms with E-state index in [1.54, 1.807) is 19.1 Å². The number of nitrogens with one attached hydrogen (secondary N) is 1. The minimum Gasteiger partial charge on any atom is -0.485 e. The number of nitrogens with zero attached hydrogens (tertiary/aromatic N) is 4. The molecular formula is C23H25N5O4S. The van der Waals surface area contributed by atoms with E-state index in [-0.39, 0.29) is 24.0 Å². The SMILES string of the molecule is C=CCn1c(COc2ccc(C)cc2C)nnc1SCC(=O)Nc1cc([N+](=O)[O-])ccc1C. The number of aryl methyl sites for hydroxylation is 3. The maximum absolute atomic E-state index is 12.5. The third-order valence-corrected chi connectivity index (χ3v) is 5.80. The van der Waals surface area contributed by atoms with Gasteiger partial charge >= 0.3 is 0 Å². The summed E-state index contributed by atoms with van der Waals surface area (Å²) in [4.78, 5) is 23.0. The standard InChI is InChI=1S/C23H25N5O4S/c1-5-10-27-21(13-32-20-9-6-15(2)11-17(20)4)25-26-23(27)33-14-22(29)24-19-12-18(28(30)31)8-7-16(19)3/h5-9,11-12H,1,10,13-14H2,2-4H3,(H,24,29). The highest BCUT2D eigenvalue weighted by Crippen LogP contribution is 2.24. The van der Waals surface area contributed by atoms with Gasteiger partial charge in [-0.2, -0.15) is 0 Å². The van der Waals surface area contributed by atoms with Gasteiger partial charge in [0, 0.05) is 18.7 Å². The Morgan fingerprint density at radius 2 is 2.00 bits per heavy atom. The Hall–Kier alpha value is -3.66. The quantitative estimate of drug-likeness (QED) is 0.201. The largest absolute Gasteiger partial charge is 0.485 e. The van der Waals surface area contributed by atoms with Crippen molar-refractivity contribution in [3.05, 3.63) is 81.7 Å². The van der Waals surface area contributed by atoms with Gasteiger partial charge < -0.3 is 10.1 Å². The van der Waals surface area contributed by atoms with E-state index in [2.05, 4.69) is 22.1 Å². The van der Waals surface area contributed by atoms with Crippen LogP contribution in [0.3, 0.4) is 0 Å². The van der Waals surface area contributed by atoms with Crippen LogP contribution in [0, 0.1) is 30.9 Å². The third-order valence-electron chi connectivity index (χ3n) is 4.83. The lowest BCUT2D eigenvalue weighted by molar-refractivity contribution is -0.384. The van der Waals surface area contributed by atoms with Crippen LogP contribution in [0.1, 0.15) is 22.5 Å². The molecule has 10 heteroatoms. The predicted molar refractivity (Wildman–Crippen MR) is 128 cm³/mol. The highest BCUT2D eigenvalue weighted by Gasteiger charge is 2.16. The fraction of sp³-hybridized carbons (Fsp3) is 0.261. The Kier molecular flexibility index (Phi) is 7.83. The second-order valence-corrected chi connectivity index (χ2v) is 8.39. The number of non-ortho nitro benzene ring substituents is 1. The molecule has 1 aromatic heterocycles. The Morgan fingerprint density at radius 1 is 1.21 bits per heavy atom. The zero-order valence-corrected chi connectivity index (χ0v) is 19.5. The van der Waals surface area contributed by atoms with Crippen molar-refractivity contribution in [2.45, 2.75) is 39.1 Å². The molecule has 0 saturated heterocycles. The Labute approximate surface area is 196 Å². The smallest absolute Gasteiger partial charge is 0.271 e. The van der Waals surface area contributed by atoms with E-state index in [1.165, 1.54) is 23.9 Å². The fourth-order valence-corrected chi connectivity index (χ4v) is 3.89. The summed E-state index contributed by atoms with van der Waals surface area (Å²) in [6.45, 7) is 10.3. The number of ether oxygens (including phenoxy) is 1. The molecule has 0 aliphatic carbocycles. The monoisotopic (exact) mass is 467 g/mol. The Balaban J connectivity index is 1.65. The highest BCUT2D eigenvalue weighted by atomic mass is 32.2. The lowest BCUT2D eigenvalue weighted by Gasteiger charge is -2.11. The van der Waals surface area contributed by atoms with Crippen molar-refractivity contribution in [1.29, 1.82) is 0 Å². The van der Waals surface area contributed by atoms with Gasteiger partial charge in [-0.1, -0.05) is 41.6 Å². The molecule has 0 atom stereocenters. The number of amides is 1. The van der Waals surface area contributed by atoms with Gasteiger partial charge in [0.1, 0.15) is 12.4 Å². The van der Waals surface area contributed by atoms with Crippen molar-refractivity contribution >= 4 is 29.0 Å². The van der Waals surface area contributed by atoms with Crippen LogP contribution in [-0.2, 0) is 17.9 Å². The number of benzene rings is 2. The van der Waals surface area contributed by atoms with Gasteiger partial charge in [0.15, 0.2) is 11.0 Å². The number of nitro groups is 1. The number of allylic oxidation sites excluding steroid dienone is 1. The van der Waals surface area contributed by atoms with E-state index < -0.39 is 4.92 Å². The number of rotatable bonds is 10. The molecule has 3 rings (SSSR count). The molecule has 0 radical (unpaired) electrons. The fourth-order valence-electron chi connectivity index (χ4n) is 3.12. The molecule has 33 heavy (non-hydrogen) atoms. The summed E-state index contributed by atoms with van der Waals surface area (Å²) in [5.74, 6) is 1.15. The molecule has 0 unspecified atom stereocenters. The van der Waals surface area contributed by atoms with Crippen LogP contribution in [0.25, 0.3) is 0 Å². The summed E-state index contributed by atoms with van der Waals surface area (Å²) in [6, 6.07) is 10.3. The molecule has 0 aliphatic rings. The average Bonchev–Trinajstić information content (AvgIpc) is 3.15. The molecule has 1 N–H and O–H groups in total. The number of nitro benzene ring substituents is 1. The van der Waals surface area contributed by atoms with Gasteiger partial charge in [-0.3, -0.25) is 19.5 Å². The minimum atomic E-state index is -0.497. The molecule has 9 nitrogen and oxygen atoms in total. The summed E-state index contributed by atoms with van der Waals surface area (Å²) >= 11 is 1.22. The molecule has 0 saturated carbocycles. The zero-order valence-electron chi connectivity index (χ0n) is 18.7. The van der Waals surface area contributed by atoms with Gasteiger partial charge in [-0.05, 0) is 38.0 Å². The van der Waals surface area contributed by atoms with E-state index in [0.717, 1.165) is 22.4 Å². The second-order valence-electron chi connectivity index (χ2n) is 7.45. The van der Waals surface area contributed by atoms with Crippen LogP contribution < -0.4 is 10.1 Å². The van der Waals surface area contributed by atoms with Crippen molar-refractivity contribution in [1.82, 2.24) is 14.8 Å². The number of thioether (sulfide) groups is 1. The predicted octanol–water partition coefficient (Wildman–Crippen LogP) is 4.61. The number of anilines is 1. The van der Waals surface area contributed by atoms with Crippen LogP contribution >= 0.6 is 11.8 Å². The molecule has 172 valence electrons. The average molecular weight is 468 g/mol. The Bertz CT molecular complexity index is 1190. The van der Waals surface area contributed by atoms with Crippen LogP contribution in [0.15, 0.2) is 54.2 Å². The first kappa shape index (κ1) is 24.0. The molecule has 2 aromatic carbocycles. The summed E-state index contributed by atoms with van der Waals surface area (Å²) in [5.41, 5.74) is 3.26. The van der Waals surface area contributed by atoms with Crippen molar-refractivity contribution in [2.75, 3.05) is 11.1 Å². The van der Waals surface area contributed by atoms with E-state index in [0.29, 0.717) is 23.2 Å². The van der Waals surface area contributed by atoms with Crippen molar-refractivity contribution in [3.8, 4) is 5.75 Å². The van der Waals surface area contributed by atoms with Crippen LogP contribution in [0.2, 0.25) is 0 Å². The first-order valence-electron chi connectivity index (χ1n) is 10.2. The first-order valence-corrected chi connectivity index (χ1v) is 11.2. The van der Waals surface area contributed by atoms with E-state index >= 15 is 0 Å². The first-order chi connectivity index (χ1) is 15.8. The number of carbonyl (C=O) groups is 1. The lowest BCUT2D eigenvalue weighted by atomic mass is 10.1. The van der Waals surface area contributed by atoms with Crippen molar-refractivity contribution in [2.24, 2.45) is 0 Å².